The Morgan fingerprint density at radius 1 is 1.38 bits per heavy atom. The maximum Gasteiger partial charge on any atom is 0.415 e. The third-order valence-corrected chi connectivity index (χ3v) is 3.13. The van der Waals surface area contributed by atoms with Gasteiger partial charge in [0.15, 0.2) is 6.04 Å². The molecule has 0 aliphatic carbocycles. The van der Waals surface area contributed by atoms with E-state index in [2.05, 4.69) is 4.74 Å². The van der Waals surface area contributed by atoms with Crippen molar-refractivity contribution >= 4 is 6.09 Å². The molecule has 0 N–H and O–H groups in total. The first-order valence-corrected chi connectivity index (χ1v) is 5.99. The van der Waals surface area contributed by atoms with E-state index in [-0.39, 0.29) is 6.61 Å². The first kappa shape index (κ1) is 15.1. The Balaban J connectivity index is 2.36. The molecular formula is C12H11F3N2O4. The fourth-order valence-electron chi connectivity index (χ4n) is 2.20. The number of ether oxygens (including phenoxy) is 1. The van der Waals surface area contributed by atoms with Crippen molar-refractivity contribution in [3.8, 4) is 0 Å². The highest BCUT2D eigenvalue weighted by Gasteiger charge is 2.54. The molecule has 1 aromatic carbocycles. The predicted molar refractivity (Wildman–Crippen MR) is 64.1 cm³/mol. The SMILES string of the molecule is O=C1OC[C@@H](c2ccccc2)N1[C@@H](C[N+](=O)[O-])C(F)(F)F. The van der Waals surface area contributed by atoms with E-state index in [4.69, 9.17) is 0 Å². The van der Waals surface area contributed by atoms with E-state index in [0.29, 0.717) is 10.5 Å². The van der Waals surface area contributed by atoms with E-state index < -0.39 is 35.8 Å². The summed E-state index contributed by atoms with van der Waals surface area (Å²) in [7, 11) is 0. The monoisotopic (exact) mass is 304 g/mol. The summed E-state index contributed by atoms with van der Waals surface area (Å²) < 4.78 is 43.8. The van der Waals surface area contributed by atoms with Crippen LogP contribution in [0, 0.1) is 10.1 Å². The molecule has 0 saturated carbocycles. The molecule has 1 aromatic rings. The molecule has 2 atom stereocenters. The summed E-state index contributed by atoms with van der Waals surface area (Å²) in [6.45, 7) is -1.69. The fraction of sp³-hybridized carbons (Fsp3) is 0.417. The molecule has 0 bridgehead atoms. The largest absolute Gasteiger partial charge is 0.447 e. The highest BCUT2D eigenvalue weighted by Crippen LogP contribution is 2.35. The molecule has 21 heavy (non-hydrogen) atoms. The van der Waals surface area contributed by atoms with Gasteiger partial charge in [-0.05, 0) is 5.56 Å². The zero-order valence-corrected chi connectivity index (χ0v) is 10.6. The average molecular weight is 304 g/mol. The van der Waals surface area contributed by atoms with Gasteiger partial charge in [0.05, 0.1) is 6.04 Å². The summed E-state index contributed by atoms with van der Waals surface area (Å²) in [5, 5.41) is 10.5. The lowest BCUT2D eigenvalue weighted by Crippen LogP contribution is -2.51. The molecule has 0 unspecified atom stereocenters. The van der Waals surface area contributed by atoms with Gasteiger partial charge in [0.2, 0.25) is 6.54 Å². The van der Waals surface area contributed by atoms with Crippen molar-refractivity contribution in [1.82, 2.24) is 4.90 Å². The van der Waals surface area contributed by atoms with Gasteiger partial charge in [0.1, 0.15) is 6.61 Å². The van der Waals surface area contributed by atoms with E-state index in [1.54, 1.807) is 30.3 Å². The highest BCUT2D eigenvalue weighted by atomic mass is 19.4. The van der Waals surface area contributed by atoms with Gasteiger partial charge in [-0.15, -0.1) is 0 Å². The summed E-state index contributed by atoms with van der Waals surface area (Å²) in [4.78, 5) is 21.4. The van der Waals surface area contributed by atoms with Gasteiger partial charge >= 0.3 is 12.3 Å². The van der Waals surface area contributed by atoms with Crippen LogP contribution >= 0.6 is 0 Å². The summed E-state index contributed by atoms with van der Waals surface area (Å²) in [6.07, 6.45) is -6.11. The lowest BCUT2D eigenvalue weighted by molar-refractivity contribution is -0.495. The zero-order chi connectivity index (χ0) is 15.6. The Kier molecular flexibility index (Phi) is 4.01. The summed E-state index contributed by atoms with van der Waals surface area (Å²) in [5.74, 6) is 0. The van der Waals surface area contributed by atoms with Crippen molar-refractivity contribution in [1.29, 1.82) is 0 Å². The molecule has 1 aliphatic heterocycles. The minimum absolute atomic E-state index is 0.271. The zero-order valence-electron chi connectivity index (χ0n) is 10.6. The van der Waals surface area contributed by atoms with Crippen LogP contribution < -0.4 is 0 Å². The molecule has 6 nitrogen and oxygen atoms in total. The normalized spacial score (nSPS) is 20.2. The molecule has 1 heterocycles. The van der Waals surface area contributed by atoms with E-state index >= 15 is 0 Å². The molecule has 0 aromatic heterocycles. The second kappa shape index (κ2) is 5.58. The molecule has 9 heteroatoms. The van der Waals surface area contributed by atoms with E-state index in [0.717, 1.165) is 0 Å². The predicted octanol–water partition coefficient (Wildman–Crippen LogP) is 2.39. The number of nitrogens with zero attached hydrogens (tertiary/aromatic N) is 2. The first-order chi connectivity index (χ1) is 9.80. The quantitative estimate of drug-likeness (QED) is 0.632. The molecular weight excluding hydrogens is 293 g/mol. The maximum atomic E-state index is 13.0. The Morgan fingerprint density at radius 3 is 2.52 bits per heavy atom. The van der Waals surface area contributed by atoms with Crippen LogP contribution in [0.25, 0.3) is 0 Å². The lowest BCUT2D eigenvalue weighted by Gasteiger charge is -2.29. The van der Waals surface area contributed by atoms with Gasteiger partial charge in [-0.2, -0.15) is 13.2 Å². The van der Waals surface area contributed by atoms with Gasteiger partial charge < -0.3 is 4.74 Å². The number of hydrogen-bond acceptors (Lipinski definition) is 4. The third kappa shape index (κ3) is 3.23. The summed E-state index contributed by atoms with van der Waals surface area (Å²) in [5.41, 5.74) is 0.431. The smallest absolute Gasteiger partial charge is 0.415 e. The van der Waals surface area contributed by atoms with Crippen LogP contribution in [0.2, 0.25) is 0 Å². The highest BCUT2D eigenvalue weighted by molar-refractivity contribution is 5.71. The van der Waals surface area contributed by atoms with Crippen LogP contribution in [0.5, 0.6) is 0 Å². The van der Waals surface area contributed by atoms with Gasteiger partial charge in [0.25, 0.3) is 0 Å². The average Bonchev–Trinajstić information content (AvgIpc) is 2.77. The van der Waals surface area contributed by atoms with Gasteiger partial charge in [0, 0.05) is 4.92 Å². The molecule has 1 aliphatic rings. The van der Waals surface area contributed by atoms with Gasteiger partial charge in [-0.25, -0.2) is 4.79 Å². The minimum Gasteiger partial charge on any atom is -0.447 e. The number of carbonyl (C=O) groups excluding carboxylic acids is 1. The van der Waals surface area contributed by atoms with E-state index in [9.17, 15) is 28.1 Å². The molecule has 0 spiro atoms. The second-order valence-electron chi connectivity index (χ2n) is 4.48. The van der Waals surface area contributed by atoms with Gasteiger partial charge in [-0.3, -0.25) is 15.0 Å². The van der Waals surface area contributed by atoms with Gasteiger partial charge in [-0.1, -0.05) is 30.3 Å². The van der Waals surface area contributed by atoms with Crippen molar-refractivity contribution in [2.75, 3.05) is 13.2 Å². The van der Waals surface area contributed by atoms with Crippen LogP contribution in [0.4, 0.5) is 18.0 Å². The fourth-order valence-corrected chi connectivity index (χ4v) is 2.20. The lowest BCUT2D eigenvalue weighted by atomic mass is 10.1. The number of rotatable bonds is 4. The Bertz CT molecular complexity index is 535. The summed E-state index contributed by atoms with van der Waals surface area (Å²) >= 11 is 0. The van der Waals surface area contributed by atoms with Crippen molar-refractivity contribution in [3.63, 3.8) is 0 Å². The number of nitro groups is 1. The topological polar surface area (TPSA) is 72.7 Å². The van der Waals surface area contributed by atoms with E-state index in [1.165, 1.54) is 0 Å². The number of hydrogen-bond donors (Lipinski definition) is 0. The number of benzene rings is 1. The standard InChI is InChI=1S/C12H11F3N2O4/c13-12(14,15)10(6-16(19)20)17-9(7-21-11(17)18)8-4-2-1-3-5-8/h1-5,9-10H,6-7H2/t9-,10-/m0/s1. The summed E-state index contributed by atoms with van der Waals surface area (Å²) in [6, 6.07) is 4.44. The third-order valence-electron chi connectivity index (χ3n) is 3.13. The Hall–Kier alpha value is -2.32. The molecule has 0 radical (unpaired) electrons. The number of carbonyl (C=O) groups is 1. The van der Waals surface area contributed by atoms with Crippen molar-refractivity contribution in [2.45, 2.75) is 18.3 Å². The second-order valence-corrected chi connectivity index (χ2v) is 4.48. The number of halogens is 3. The van der Waals surface area contributed by atoms with Crippen molar-refractivity contribution < 1.29 is 27.6 Å². The van der Waals surface area contributed by atoms with Crippen LogP contribution in [0.1, 0.15) is 11.6 Å². The molecule has 1 saturated heterocycles. The number of amides is 1. The Morgan fingerprint density at radius 2 is 2.00 bits per heavy atom. The number of alkyl halides is 3. The van der Waals surface area contributed by atoms with Crippen LogP contribution in [0.15, 0.2) is 30.3 Å². The first-order valence-electron chi connectivity index (χ1n) is 5.99. The van der Waals surface area contributed by atoms with Crippen LogP contribution in [0.3, 0.4) is 0 Å². The molecule has 1 fully saturated rings. The number of cyclic esters (lactones) is 1. The molecule has 2 rings (SSSR count). The van der Waals surface area contributed by atoms with Crippen LogP contribution in [-0.2, 0) is 4.74 Å². The maximum absolute atomic E-state index is 13.0. The Labute approximate surface area is 117 Å². The molecule has 114 valence electrons. The van der Waals surface area contributed by atoms with Crippen LogP contribution in [-0.4, -0.2) is 41.3 Å². The van der Waals surface area contributed by atoms with Crippen molar-refractivity contribution in [2.24, 2.45) is 0 Å². The van der Waals surface area contributed by atoms with Crippen molar-refractivity contribution in [3.05, 3.63) is 46.0 Å². The minimum atomic E-state index is -4.91. The molecule has 1 amide bonds. The van der Waals surface area contributed by atoms with E-state index in [1.807, 2.05) is 0 Å².